The van der Waals surface area contributed by atoms with Crippen molar-refractivity contribution in [1.82, 2.24) is 0 Å². The van der Waals surface area contributed by atoms with Gasteiger partial charge in [0.15, 0.2) is 0 Å². The lowest BCUT2D eigenvalue weighted by molar-refractivity contribution is -0.118. The topological polar surface area (TPSA) is 102 Å². The maximum absolute atomic E-state index is 12.9. The zero-order chi connectivity index (χ0) is 21.6. The highest BCUT2D eigenvalue weighted by molar-refractivity contribution is 7.98. The van der Waals surface area contributed by atoms with Crippen LogP contribution in [0.15, 0.2) is 52.3 Å². The quantitative estimate of drug-likeness (QED) is 0.479. The molecule has 0 spiro atoms. The Labute approximate surface area is 175 Å². The lowest BCUT2D eigenvalue weighted by Crippen LogP contribution is -2.19. The maximum atomic E-state index is 12.9. The second-order valence-electron chi connectivity index (χ2n) is 6.38. The number of thioether (sulfide) groups is 1. The second kappa shape index (κ2) is 9.80. The summed E-state index contributed by atoms with van der Waals surface area (Å²) in [5.41, 5.74) is 0.650. The molecule has 0 heterocycles. The highest BCUT2D eigenvalue weighted by Gasteiger charge is 2.21. The molecule has 0 aliphatic carbocycles. The Bertz CT molecular complexity index is 1000. The van der Waals surface area contributed by atoms with Gasteiger partial charge in [0, 0.05) is 10.8 Å². The van der Waals surface area contributed by atoms with Crippen LogP contribution in [0.4, 0.5) is 11.4 Å². The SMILES string of the molecule is CCOC(=O)c1ccccc1NS(=O)(=O)c1ccc(SC)c(NC(=O)C(C)C)c1. The zero-order valence-corrected chi connectivity index (χ0v) is 18.3. The van der Waals surface area contributed by atoms with Crippen molar-refractivity contribution >= 4 is 45.0 Å². The average molecular weight is 437 g/mol. The van der Waals surface area contributed by atoms with Gasteiger partial charge in [-0.1, -0.05) is 26.0 Å². The summed E-state index contributed by atoms with van der Waals surface area (Å²) in [5, 5.41) is 2.76. The van der Waals surface area contributed by atoms with Crippen LogP contribution in [0.2, 0.25) is 0 Å². The number of benzene rings is 2. The molecule has 1 amide bonds. The number of carbonyl (C=O) groups is 2. The minimum atomic E-state index is -4.01. The summed E-state index contributed by atoms with van der Waals surface area (Å²) in [6, 6.07) is 10.7. The third-order valence-electron chi connectivity index (χ3n) is 3.93. The summed E-state index contributed by atoms with van der Waals surface area (Å²) in [7, 11) is -4.01. The van der Waals surface area contributed by atoms with Crippen LogP contribution in [0.1, 0.15) is 31.1 Å². The van der Waals surface area contributed by atoms with E-state index in [1.807, 2.05) is 6.26 Å². The van der Waals surface area contributed by atoms with Gasteiger partial charge >= 0.3 is 5.97 Å². The number of carbonyl (C=O) groups excluding carboxylic acids is 2. The molecule has 0 bridgehead atoms. The smallest absolute Gasteiger partial charge is 0.340 e. The summed E-state index contributed by atoms with van der Waals surface area (Å²) in [5.74, 6) is -1.08. The molecule has 0 radical (unpaired) electrons. The van der Waals surface area contributed by atoms with E-state index in [0.29, 0.717) is 5.69 Å². The number of sulfonamides is 1. The minimum Gasteiger partial charge on any atom is -0.462 e. The van der Waals surface area contributed by atoms with E-state index in [1.54, 1.807) is 39.0 Å². The summed E-state index contributed by atoms with van der Waals surface area (Å²) >= 11 is 1.39. The largest absolute Gasteiger partial charge is 0.462 e. The monoisotopic (exact) mass is 436 g/mol. The zero-order valence-electron chi connectivity index (χ0n) is 16.7. The van der Waals surface area contributed by atoms with Crippen LogP contribution in [0.3, 0.4) is 0 Å². The lowest BCUT2D eigenvalue weighted by Gasteiger charge is -2.15. The van der Waals surface area contributed by atoms with E-state index >= 15 is 0 Å². The van der Waals surface area contributed by atoms with Gasteiger partial charge < -0.3 is 10.1 Å². The second-order valence-corrected chi connectivity index (χ2v) is 8.91. The molecule has 2 N–H and O–H groups in total. The van der Waals surface area contributed by atoms with Crippen molar-refractivity contribution in [2.24, 2.45) is 5.92 Å². The molecule has 0 aromatic heterocycles. The number of anilines is 2. The Morgan fingerprint density at radius 1 is 1.10 bits per heavy atom. The molecule has 0 fully saturated rings. The molecule has 0 saturated heterocycles. The first kappa shape index (κ1) is 22.8. The van der Waals surface area contributed by atoms with Crippen molar-refractivity contribution in [3.05, 3.63) is 48.0 Å². The summed E-state index contributed by atoms with van der Waals surface area (Å²) in [4.78, 5) is 24.9. The van der Waals surface area contributed by atoms with Crippen molar-refractivity contribution in [3.63, 3.8) is 0 Å². The third kappa shape index (κ3) is 5.74. The van der Waals surface area contributed by atoms with Gasteiger partial charge in [0.2, 0.25) is 5.91 Å². The van der Waals surface area contributed by atoms with Crippen molar-refractivity contribution < 1.29 is 22.7 Å². The van der Waals surface area contributed by atoms with Crippen LogP contribution in [0, 0.1) is 5.92 Å². The first-order chi connectivity index (χ1) is 13.7. The Kier molecular flexibility index (Phi) is 7.69. The Hall–Kier alpha value is -2.52. The number of amides is 1. The fourth-order valence-electron chi connectivity index (χ4n) is 2.39. The fraction of sp³-hybridized carbons (Fsp3) is 0.300. The summed E-state index contributed by atoms with van der Waals surface area (Å²) in [6.45, 7) is 5.35. The van der Waals surface area contributed by atoms with Crippen LogP contribution in [0.5, 0.6) is 0 Å². The van der Waals surface area contributed by atoms with Gasteiger partial charge in [-0.15, -0.1) is 11.8 Å². The highest BCUT2D eigenvalue weighted by Crippen LogP contribution is 2.30. The predicted octanol–water partition coefficient (Wildman–Crippen LogP) is 3.98. The van der Waals surface area contributed by atoms with Gasteiger partial charge in [-0.2, -0.15) is 0 Å². The highest BCUT2D eigenvalue weighted by atomic mass is 32.2. The number of rotatable bonds is 8. The Morgan fingerprint density at radius 3 is 2.41 bits per heavy atom. The molecule has 0 aliphatic heterocycles. The maximum Gasteiger partial charge on any atom is 0.340 e. The van der Waals surface area contributed by atoms with Crippen molar-refractivity contribution in [3.8, 4) is 0 Å². The van der Waals surface area contributed by atoms with Gasteiger partial charge in [0.25, 0.3) is 10.0 Å². The van der Waals surface area contributed by atoms with E-state index in [4.69, 9.17) is 4.74 Å². The Balaban J connectivity index is 2.40. The van der Waals surface area contributed by atoms with E-state index in [2.05, 4.69) is 10.0 Å². The molecular weight excluding hydrogens is 412 g/mol. The van der Waals surface area contributed by atoms with Gasteiger partial charge in [-0.3, -0.25) is 9.52 Å². The average Bonchev–Trinajstić information content (AvgIpc) is 2.68. The van der Waals surface area contributed by atoms with Crippen molar-refractivity contribution in [2.75, 3.05) is 22.9 Å². The van der Waals surface area contributed by atoms with E-state index in [-0.39, 0.29) is 34.6 Å². The normalized spacial score (nSPS) is 11.2. The van der Waals surface area contributed by atoms with Crippen LogP contribution in [-0.4, -0.2) is 33.2 Å². The summed E-state index contributed by atoms with van der Waals surface area (Å²) in [6.07, 6.45) is 1.84. The van der Waals surface area contributed by atoms with Crippen LogP contribution < -0.4 is 10.0 Å². The molecule has 29 heavy (non-hydrogen) atoms. The first-order valence-electron chi connectivity index (χ1n) is 8.97. The van der Waals surface area contributed by atoms with Gasteiger partial charge in [0.05, 0.1) is 28.4 Å². The molecule has 0 atom stereocenters. The standard InChI is InChI=1S/C20H24N2O5S2/c1-5-27-20(24)15-8-6-7-9-16(15)22-29(25,26)14-10-11-18(28-4)17(12-14)21-19(23)13(2)3/h6-13,22H,5H2,1-4H3,(H,21,23). The van der Waals surface area contributed by atoms with Crippen molar-refractivity contribution in [1.29, 1.82) is 0 Å². The molecule has 2 aromatic carbocycles. The molecule has 0 unspecified atom stereocenters. The van der Waals surface area contributed by atoms with E-state index < -0.39 is 16.0 Å². The Morgan fingerprint density at radius 2 is 1.79 bits per heavy atom. The van der Waals surface area contributed by atoms with Gasteiger partial charge in [-0.25, -0.2) is 13.2 Å². The van der Waals surface area contributed by atoms with Crippen molar-refractivity contribution in [2.45, 2.75) is 30.6 Å². The molecule has 2 rings (SSSR count). The van der Waals surface area contributed by atoms with Crippen LogP contribution in [-0.2, 0) is 19.6 Å². The molecule has 9 heteroatoms. The van der Waals surface area contributed by atoms with E-state index in [9.17, 15) is 18.0 Å². The molecule has 2 aromatic rings. The molecule has 7 nitrogen and oxygen atoms in total. The molecular formula is C20H24N2O5S2. The van der Waals surface area contributed by atoms with E-state index in [1.165, 1.54) is 36.0 Å². The number of para-hydroxylation sites is 1. The number of esters is 1. The summed E-state index contributed by atoms with van der Waals surface area (Å²) < 4.78 is 33.3. The van der Waals surface area contributed by atoms with Crippen LogP contribution >= 0.6 is 11.8 Å². The number of ether oxygens (including phenoxy) is 1. The third-order valence-corrected chi connectivity index (χ3v) is 6.09. The molecule has 156 valence electrons. The molecule has 0 aliphatic rings. The number of hydrogen-bond acceptors (Lipinski definition) is 6. The minimum absolute atomic E-state index is 0.0342. The number of hydrogen-bond donors (Lipinski definition) is 2. The van der Waals surface area contributed by atoms with Gasteiger partial charge in [-0.05, 0) is 43.5 Å². The fourth-order valence-corrected chi connectivity index (χ4v) is 4.03. The van der Waals surface area contributed by atoms with E-state index in [0.717, 1.165) is 4.90 Å². The van der Waals surface area contributed by atoms with Crippen LogP contribution in [0.25, 0.3) is 0 Å². The number of nitrogens with one attached hydrogen (secondary N) is 2. The lowest BCUT2D eigenvalue weighted by atomic mass is 10.2. The first-order valence-corrected chi connectivity index (χ1v) is 11.7. The predicted molar refractivity (Wildman–Crippen MR) is 115 cm³/mol. The molecule has 0 saturated carbocycles. The van der Waals surface area contributed by atoms with Gasteiger partial charge in [0.1, 0.15) is 0 Å².